The van der Waals surface area contributed by atoms with E-state index in [0.717, 1.165) is 0 Å². The average Bonchev–Trinajstić information content (AvgIpc) is 2.94. The predicted octanol–water partition coefficient (Wildman–Crippen LogP) is 1.59. The van der Waals surface area contributed by atoms with Crippen molar-refractivity contribution in [3.05, 3.63) is 47.3 Å². The van der Waals surface area contributed by atoms with E-state index >= 15 is 0 Å². The zero-order chi connectivity index (χ0) is 16.1. The SMILES string of the molecule is COCc1c(C(=O)OC)c(C(=O)OC)nn1-c1ccccc1. The highest BCUT2D eigenvalue weighted by molar-refractivity contribution is 6.02. The lowest BCUT2D eigenvalue weighted by molar-refractivity contribution is 0.0549. The van der Waals surface area contributed by atoms with Crippen LogP contribution >= 0.6 is 0 Å². The summed E-state index contributed by atoms with van der Waals surface area (Å²) < 4.78 is 16.0. The van der Waals surface area contributed by atoms with Gasteiger partial charge in [-0.05, 0) is 12.1 Å². The van der Waals surface area contributed by atoms with E-state index in [-0.39, 0.29) is 17.9 Å². The van der Waals surface area contributed by atoms with E-state index in [9.17, 15) is 9.59 Å². The van der Waals surface area contributed by atoms with Crippen LogP contribution in [-0.2, 0) is 20.8 Å². The van der Waals surface area contributed by atoms with Crippen molar-refractivity contribution < 1.29 is 23.8 Å². The van der Waals surface area contributed by atoms with Gasteiger partial charge in [0.2, 0.25) is 0 Å². The Morgan fingerprint density at radius 2 is 1.68 bits per heavy atom. The number of esters is 2. The monoisotopic (exact) mass is 304 g/mol. The highest BCUT2D eigenvalue weighted by atomic mass is 16.5. The van der Waals surface area contributed by atoms with Crippen LogP contribution in [-0.4, -0.2) is 43.0 Å². The van der Waals surface area contributed by atoms with Gasteiger partial charge in [-0.1, -0.05) is 18.2 Å². The molecule has 1 heterocycles. The van der Waals surface area contributed by atoms with Crippen molar-refractivity contribution in [2.75, 3.05) is 21.3 Å². The smallest absolute Gasteiger partial charge is 0.359 e. The Bertz CT molecular complexity index is 679. The Kier molecular flexibility index (Phi) is 4.90. The molecule has 2 rings (SSSR count). The Morgan fingerprint density at radius 3 is 2.23 bits per heavy atom. The first-order valence-corrected chi connectivity index (χ1v) is 6.46. The summed E-state index contributed by atoms with van der Waals surface area (Å²) in [5, 5.41) is 4.20. The molecule has 0 N–H and O–H groups in total. The summed E-state index contributed by atoms with van der Waals surface area (Å²) in [4.78, 5) is 24.0. The van der Waals surface area contributed by atoms with Gasteiger partial charge in [0, 0.05) is 7.11 Å². The molecule has 0 aliphatic heterocycles. The van der Waals surface area contributed by atoms with Crippen LogP contribution in [0.25, 0.3) is 5.69 Å². The second-order valence-electron chi connectivity index (χ2n) is 4.33. The topological polar surface area (TPSA) is 79.7 Å². The molecule has 0 fully saturated rings. The molecule has 0 bridgehead atoms. The summed E-state index contributed by atoms with van der Waals surface area (Å²) in [7, 11) is 3.95. The minimum absolute atomic E-state index is 0.0417. The Labute approximate surface area is 127 Å². The van der Waals surface area contributed by atoms with Crippen molar-refractivity contribution in [3.63, 3.8) is 0 Å². The van der Waals surface area contributed by atoms with Gasteiger partial charge in [-0.2, -0.15) is 5.10 Å². The van der Waals surface area contributed by atoms with Crippen LogP contribution in [0, 0.1) is 0 Å². The molecule has 1 aromatic carbocycles. The van der Waals surface area contributed by atoms with E-state index in [1.54, 1.807) is 12.1 Å². The number of nitrogens with zero attached hydrogens (tertiary/aromatic N) is 2. The van der Waals surface area contributed by atoms with Crippen molar-refractivity contribution in [2.45, 2.75) is 6.61 Å². The molecule has 0 aliphatic rings. The number of para-hydroxylation sites is 1. The highest BCUT2D eigenvalue weighted by Gasteiger charge is 2.29. The molecular weight excluding hydrogens is 288 g/mol. The second-order valence-corrected chi connectivity index (χ2v) is 4.33. The molecule has 0 aliphatic carbocycles. The number of carbonyl (C=O) groups excluding carboxylic acids is 2. The fourth-order valence-electron chi connectivity index (χ4n) is 2.06. The molecular formula is C15H16N2O5. The fraction of sp³-hybridized carbons (Fsp3) is 0.267. The first-order valence-electron chi connectivity index (χ1n) is 6.46. The van der Waals surface area contributed by atoms with Gasteiger partial charge in [-0.3, -0.25) is 0 Å². The molecule has 0 unspecified atom stereocenters. The molecule has 0 saturated carbocycles. The first kappa shape index (κ1) is 15.7. The molecule has 0 saturated heterocycles. The van der Waals surface area contributed by atoms with Crippen LogP contribution < -0.4 is 0 Å². The van der Waals surface area contributed by atoms with Crippen LogP contribution in [0.15, 0.2) is 30.3 Å². The standard InChI is InChI=1S/C15H16N2O5/c1-20-9-11-12(14(18)21-2)13(15(19)22-3)16-17(11)10-7-5-4-6-8-10/h4-8H,9H2,1-3H3. The van der Waals surface area contributed by atoms with Crippen molar-refractivity contribution >= 4 is 11.9 Å². The van der Waals surface area contributed by atoms with E-state index in [1.807, 2.05) is 18.2 Å². The maximum absolute atomic E-state index is 12.1. The fourth-order valence-corrected chi connectivity index (χ4v) is 2.06. The molecule has 22 heavy (non-hydrogen) atoms. The third-order valence-corrected chi connectivity index (χ3v) is 3.03. The van der Waals surface area contributed by atoms with Crippen molar-refractivity contribution in [2.24, 2.45) is 0 Å². The largest absolute Gasteiger partial charge is 0.465 e. The number of aromatic nitrogens is 2. The minimum Gasteiger partial charge on any atom is -0.465 e. The molecule has 7 heteroatoms. The minimum atomic E-state index is -0.715. The number of ether oxygens (including phenoxy) is 3. The quantitative estimate of drug-likeness (QED) is 0.780. The van der Waals surface area contributed by atoms with Crippen molar-refractivity contribution in [3.8, 4) is 5.69 Å². The number of benzene rings is 1. The molecule has 0 atom stereocenters. The number of rotatable bonds is 5. The van der Waals surface area contributed by atoms with Crippen molar-refractivity contribution in [1.82, 2.24) is 9.78 Å². The summed E-state index contributed by atoms with van der Waals surface area (Å²) in [6, 6.07) is 9.10. The van der Waals surface area contributed by atoms with E-state index in [0.29, 0.717) is 11.4 Å². The Hall–Kier alpha value is -2.67. The third-order valence-electron chi connectivity index (χ3n) is 3.03. The molecule has 0 spiro atoms. The van der Waals surface area contributed by atoms with E-state index in [1.165, 1.54) is 26.0 Å². The lowest BCUT2D eigenvalue weighted by Crippen LogP contribution is -2.12. The highest BCUT2D eigenvalue weighted by Crippen LogP contribution is 2.21. The lowest BCUT2D eigenvalue weighted by atomic mass is 10.1. The second kappa shape index (κ2) is 6.86. The van der Waals surface area contributed by atoms with Crippen LogP contribution in [0.4, 0.5) is 0 Å². The Balaban J connectivity index is 2.70. The van der Waals surface area contributed by atoms with E-state index in [4.69, 9.17) is 14.2 Å². The lowest BCUT2D eigenvalue weighted by Gasteiger charge is -2.07. The number of hydrogen-bond acceptors (Lipinski definition) is 6. The van der Waals surface area contributed by atoms with Gasteiger partial charge in [-0.25, -0.2) is 14.3 Å². The predicted molar refractivity (Wildman–Crippen MR) is 77.0 cm³/mol. The maximum atomic E-state index is 12.1. The van der Waals surface area contributed by atoms with Gasteiger partial charge in [0.1, 0.15) is 5.56 Å². The van der Waals surface area contributed by atoms with Gasteiger partial charge in [0.05, 0.1) is 32.2 Å². The Morgan fingerprint density at radius 1 is 1.05 bits per heavy atom. The average molecular weight is 304 g/mol. The normalized spacial score (nSPS) is 10.3. The molecule has 2 aromatic rings. The van der Waals surface area contributed by atoms with Gasteiger partial charge in [-0.15, -0.1) is 0 Å². The van der Waals surface area contributed by atoms with Crippen LogP contribution in [0.1, 0.15) is 26.5 Å². The molecule has 0 radical (unpaired) electrons. The molecule has 1 aromatic heterocycles. The van der Waals surface area contributed by atoms with Gasteiger partial charge >= 0.3 is 11.9 Å². The zero-order valence-corrected chi connectivity index (χ0v) is 12.5. The van der Waals surface area contributed by atoms with E-state index in [2.05, 4.69) is 5.10 Å². The number of hydrogen-bond donors (Lipinski definition) is 0. The van der Waals surface area contributed by atoms with Gasteiger partial charge in [0.15, 0.2) is 5.69 Å². The van der Waals surface area contributed by atoms with Crippen LogP contribution in [0.5, 0.6) is 0 Å². The third kappa shape index (κ3) is 2.84. The zero-order valence-electron chi connectivity index (χ0n) is 12.5. The summed E-state index contributed by atoms with van der Waals surface area (Å²) in [5.74, 6) is -1.39. The van der Waals surface area contributed by atoms with Gasteiger partial charge < -0.3 is 14.2 Å². The first-order chi connectivity index (χ1) is 10.6. The van der Waals surface area contributed by atoms with E-state index < -0.39 is 11.9 Å². The van der Waals surface area contributed by atoms with Gasteiger partial charge in [0.25, 0.3) is 0 Å². The maximum Gasteiger partial charge on any atom is 0.359 e. The summed E-state index contributed by atoms with van der Waals surface area (Å²) in [5.41, 5.74) is 1.04. The molecule has 7 nitrogen and oxygen atoms in total. The van der Waals surface area contributed by atoms with Crippen LogP contribution in [0.2, 0.25) is 0 Å². The van der Waals surface area contributed by atoms with Crippen LogP contribution in [0.3, 0.4) is 0 Å². The number of carbonyl (C=O) groups is 2. The number of methoxy groups -OCH3 is 3. The van der Waals surface area contributed by atoms with Crippen molar-refractivity contribution in [1.29, 1.82) is 0 Å². The summed E-state index contributed by atoms with van der Waals surface area (Å²) in [6.07, 6.45) is 0. The molecule has 0 amide bonds. The molecule has 116 valence electrons. The summed E-state index contributed by atoms with van der Waals surface area (Å²) in [6.45, 7) is 0.0866. The summed E-state index contributed by atoms with van der Waals surface area (Å²) >= 11 is 0.